The molecular formula is C9H7BrClNO4. The van der Waals surface area contributed by atoms with Gasteiger partial charge in [-0.25, -0.2) is 4.79 Å². The van der Waals surface area contributed by atoms with Crippen molar-refractivity contribution in [2.24, 2.45) is 0 Å². The van der Waals surface area contributed by atoms with E-state index in [0.29, 0.717) is 0 Å². The lowest BCUT2D eigenvalue weighted by Crippen LogP contribution is -2.09. The summed E-state index contributed by atoms with van der Waals surface area (Å²) in [4.78, 5) is 21.6. The predicted molar refractivity (Wildman–Crippen MR) is 61.8 cm³/mol. The van der Waals surface area contributed by atoms with Crippen molar-refractivity contribution in [1.29, 1.82) is 0 Å². The number of halogens is 2. The molecule has 86 valence electrons. The van der Waals surface area contributed by atoms with Crippen LogP contribution in [0.2, 0.25) is 5.02 Å². The van der Waals surface area contributed by atoms with Crippen LogP contribution in [0.3, 0.4) is 0 Å². The lowest BCUT2D eigenvalue weighted by atomic mass is 10.2. The first-order valence-electron chi connectivity index (χ1n) is 4.28. The molecule has 0 aliphatic heterocycles. The fraction of sp³-hybridized carbons (Fsp3) is 0.222. The third-order valence-electron chi connectivity index (χ3n) is 1.75. The van der Waals surface area contributed by atoms with Crippen LogP contribution in [0.4, 0.5) is 5.69 Å². The molecule has 0 radical (unpaired) electrons. The Hall–Kier alpha value is -1.14. The summed E-state index contributed by atoms with van der Waals surface area (Å²) >= 11 is 8.79. The summed E-state index contributed by atoms with van der Waals surface area (Å²) < 4.78 is 4.89. The van der Waals surface area contributed by atoms with Gasteiger partial charge >= 0.3 is 5.97 Å². The molecule has 1 aromatic carbocycles. The van der Waals surface area contributed by atoms with Gasteiger partial charge in [-0.3, -0.25) is 10.1 Å². The molecule has 0 saturated carbocycles. The summed E-state index contributed by atoms with van der Waals surface area (Å²) in [5.74, 6) is -0.774. The standard InChI is InChI=1S/C9H7BrClNO4/c1-2-16-9(13)7-6(12(14)15)4-3-5(11)8(7)10/h3-4H,2H2,1H3. The van der Waals surface area contributed by atoms with E-state index in [1.807, 2.05) is 0 Å². The number of rotatable bonds is 3. The SMILES string of the molecule is CCOC(=O)c1c([N+](=O)[O-])ccc(Cl)c1Br. The average molecular weight is 309 g/mol. The van der Waals surface area contributed by atoms with Crippen LogP contribution in [-0.2, 0) is 4.74 Å². The van der Waals surface area contributed by atoms with Gasteiger partial charge in [-0.1, -0.05) is 11.6 Å². The van der Waals surface area contributed by atoms with E-state index >= 15 is 0 Å². The number of hydrogen-bond donors (Lipinski definition) is 0. The highest BCUT2D eigenvalue weighted by Crippen LogP contribution is 2.33. The minimum atomic E-state index is -0.774. The Balaban J connectivity index is 3.37. The van der Waals surface area contributed by atoms with Crippen LogP contribution >= 0.6 is 27.5 Å². The number of benzene rings is 1. The van der Waals surface area contributed by atoms with E-state index in [1.165, 1.54) is 12.1 Å². The highest BCUT2D eigenvalue weighted by atomic mass is 79.9. The summed E-state index contributed by atoms with van der Waals surface area (Å²) in [5.41, 5.74) is -0.505. The first kappa shape index (κ1) is 12.9. The van der Waals surface area contributed by atoms with Gasteiger partial charge in [-0.15, -0.1) is 0 Å². The lowest BCUT2D eigenvalue weighted by Gasteiger charge is -2.06. The number of nitro benzene ring substituents is 1. The number of ether oxygens (including phenoxy) is 1. The van der Waals surface area contributed by atoms with E-state index in [-0.39, 0.29) is 27.4 Å². The molecular weight excluding hydrogens is 301 g/mol. The van der Waals surface area contributed by atoms with Gasteiger partial charge in [0, 0.05) is 6.07 Å². The fourth-order valence-corrected chi connectivity index (χ4v) is 1.74. The van der Waals surface area contributed by atoms with Crippen molar-refractivity contribution < 1.29 is 14.5 Å². The molecule has 0 fully saturated rings. The molecule has 0 spiro atoms. The fourth-order valence-electron chi connectivity index (χ4n) is 1.09. The number of nitrogens with zero attached hydrogens (tertiary/aromatic N) is 1. The summed E-state index contributed by atoms with van der Waals surface area (Å²) in [6.45, 7) is 1.75. The molecule has 0 saturated heterocycles. The van der Waals surface area contributed by atoms with Gasteiger partial charge in [0.25, 0.3) is 5.69 Å². The lowest BCUT2D eigenvalue weighted by molar-refractivity contribution is -0.385. The third-order valence-corrected chi connectivity index (χ3v) is 3.12. The Bertz CT molecular complexity index is 449. The monoisotopic (exact) mass is 307 g/mol. The molecule has 0 aromatic heterocycles. The molecule has 0 heterocycles. The molecule has 16 heavy (non-hydrogen) atoms. The molecule has 0 atom stereocenters. The molecule has 5 nitrogen and oxygen atoms in total. The maximum atomic E-state index is 11.5. The molecule has 0 bridgehead atoms. The van der Waals surface area contributed by atoms with Crippen molar-refractivity contribution in [3.05, 3.63) is 37.3 Å². The Labute approximate surface area is 105 Å². The minimum absolute atomic E-state index is 0.134. The van der Waals surface area contributed by atoms with Crippen LogP contribution in [0.5, 0.6) is 0 Å². The average Bonchev–Trinajstić information content (AvgIpc) is 2.21. The third kappa shape index (κ3) is 2.51. The highest BCUT2D eigenvalue weighted by Gasteiger charge is 2.26. The van der Waals surface area contributed by atoms with Gasteiger partial charge in [0.05, 0.1) is 21.0 Å². The summed E-state index contributed by atoms with van der Waals surface area (Å²) in [7, 11) is 0. The summed E-state index contributed by atoms with van der Waals surface area (Å²) in [6, 6.07) is 2.51. The van der Waals surface area contributed by atoms with Crippen LogP contribution in [0.15, 0.2) is 16.6 Å². The second kappa shape index (κ2) is 5.27. The minimum Gasteiger partial charge on any atom is -0.462 e. The Morgan fingerprint density at radius 2 is 2.25 bits per heavy atom. The zero-order valence-corrected chi connectivity index (χ0v) is 10.5. The van der Waals surface area contributed by atoms with E-state index in [0.717, 1.165) is 0 Å². The normalized spacial score (nSPS) is 9.94. The molecule has 1 rings (SSSR count). The number of hydrogen-bond acceptors (Lipinski definition) is 4. The Kier molecular flexibility index (Phi) is 4.26. The van der Waals surface area contributed by atoms with Crippen LogP contribution < -0.4 is 0 Å². The second-order valence-electron chi connectivity index (χ2n) is 2.73. The summed E-state index contributed by atoms with van der Waals surface area (Å²) in [5, 5.41) is 10.9. The van der Waals surface area contributed by atoms with Crippen molar-refractivity contribution in [3.8, 4) is 0 Å². The predicted octanol–water partition coefficient (Wildman–Crippen LogP) is 3.19. The number of nitro groups is 1. The summed E-state index contributed by atoms with van der Waals surface area (Å²) in [6.07, 6.45) is 0. The maximum absolute atomic E-state index is 11.5. The van der Waals surface area contributed by atoms with E-state index in [1.54, 1.807) is 6.92 Å². The van der Waals surface area contributed by atoms with Gasteiger partial charge in [0.1, 0.15) is 0 Å². The van der Waals surface area contributed by atoms with Crippen LogP contribution in [-0.4, -0.2) is 17.5 Å². The number of esters is 1. The Morgan fingerprint density at radius 3 is 2.75 bits per heavy atom. The van der Waals surface area contributed by atoms with Crippen LogP contribution in [0.1, 0.15) is 17.3 Å². The van der Waals surface area contributed by atoms with Gasteiger partial charge in [-0.2, -0.15) is 0 Å². The number of carbonyl (C=O) groups excluding carboxylic acids is 1. The van der Waals surface area contributed by atoms with Crippen molar-refractivity contribution in [2.45, 2.75) is 6.92 Å². The maximum Gasteiger partial charge on any atom is 0.346 e. The van der Waals surface area contributed by atoms with Crippen molar-refractivity contribution in [2.75, 3.05) is 6.61 Å². The zero-order valence-electron chi connectivity index (χ0n) is 8.20. The first-order valence-corrected chi connectivity index (χ1v) is 5.45. The highest BCUT2D eigenvalue weighted by molar-refractivity contribution is 9.10. The number of carbonyl (C=O) groups is 1. The van der Waals surface area contributed by atoms with Crippen LogP contribution in [0, 0.1) is 10.1 Å². The van der Waals surface area contributed by atoms with E-state index in [9.17, 15) is 14.9 Å². The van der Waals surface area contributed by atoms with Crippen LogP contribution in [0.25, 0.3) is 0 Å². The molecule has 0 N–H and O–H groups in total. The molecule has 1 aromatic rings. The quantitative estimate of drug-likeness (QED) is 0.488. The molecule has 0 unspecified atom stereocenters. The van der Waals surface area contributed by atoms with Gasteiger partial charge in [-0.05, 0) is 28.9 Å². The largest absolute Gasteiger partial charge is 0.462 e. The molecule has 0 aliphatic rings. The molecule has 7 heteroatoms. The van der Waals surface area contributed by atoms with Gasteiger partial charge < -0.3 is 4.74 Å². The smallest absolute Gasteiger partial charge is 0.346 e. The van der Waals surface area contributed by atoms with Gasteiger partial charge in [0.15, 0.2) is 5.56 Å². The topological polar surface area (TPSA) is 69.4 Å². The van der Waals surface area contributed by atoms with E-state index < -0.39 is 10.9 Å². The molecule has 0 aliphatic carbocycles. The molecule has 0 amide bonds. The first-order chi connectivity index (χ1) is 7.49. The van der Waals surface area contributed by atoms with Crippen molar-refractivity contribution in [3.63, 3.8) is 0 Å². The zero-order chi connectivity index (χ0) is 12.3. The Morgan fingerprint density at radius 1 is 1.62 bits per heavy atom. The second-order valence-corrected chi connectivity index (χ2v) is 3.93. The van der Waals surface area contributed by atoms with E-state index in [4.69, 9.17) is 16.3 Å². The van der Waals surface area contributed by atoms with E-state index in [2.05, 4.69) is 15.9 Å². The van der Waals surface area contributed by atoms with Crippen molar-refractivity contribution in [1.82, 2.24) is 0 Å². The van der Waals surface area contributed by atoms with Gasteiger partial charge in [0.2, 0.25) is 0 Å². The van der Waals surface area contributed by atoms with Crippen molar-refractivity contribution >= 4 is 39.2 Å².